The summed E-state index contributed by atoms with van der Waals surface area (Å²) in [6.07, 6.45) is 4.36. The summed E-state index contributed by atoms with van der Waals surface area (Å²) < 4.78 is 1.73. The molecule has 0 radical (unpaired) electrons. The Hall–Kier alpha value is -2.69. The Labute approximate surface area is 152 Å². The number of fused-ring (bicyclic) bond motifs is 4. The van der Waals surface area contributed by atoms with Crippen molar-refractivity contribution in [3.05, 3.63) is 59.2 Å². The van der Waals surface area contributed by atoms with Gasteiger partial charge in [0.1, 0.15) is 5.52 Å². The van der Waals surface area contributed by atoms with E-state index in [9.17, 15) is 4.79 Å². The second-order valence-corrected chi connectivity index (χ2v) is 7.47. The maximum atomic E-state index is 13.3. The van der Waals surface area contributed by atoms with Crippen molar-refractivity contribution in [2.75, 3.05) is 6.54 Å². The van der Waals surface area contributed by atoms with Gasteiger partial charge in [-0.2, -0.15) is 0 Å². The van der Waals surface area contributed by atoms with Crippen LogP contribution in [0.25, 0.3) is 11.0 Å². The number of rotatable bonds is 1. The van der Waals surface area contributed by atoms with Crippen molar-refractivity contribution in [1.82, 2.24) is 19.9 Å². The number of likely N-dealkylation sites (tertiary alicyclic amines) is 1. The number of carbonyl (C=O) groups excluding carboxylic acids is 1. The second-order valence-electron chi connectivity index (χ2n) is 7.47. The van der Waals surface area contributed by atoms with E-state index in [1.54, 1.807) is 4.68 Å². The highest BCUT2D eigenvalue weighted by Gasteiger charge is 2.38. The lowest BCUT2D eigenvalue weighted by molar-refractivity contribution is 0.0547. The van der Waals surface area contributed by atoms with Gasteiger partial charge >= 0.3 is 0 Å². The lowest BCUT2D eigenvalue weighted by atomic mass is 9.74. The number of hydrogen-bond acceptors (Lipinski definition) is 3. The van der Waals surface area contributed by atoms with E-state index in [-0.39, 0.29) is 5.91 Å². The van der Waals surface area contributed by atoms with Crippen LogP contribution in [0.3, 0.4) is 0 Å². The fourth-order valence-electron chi connectivity index (χ4n) is 4.80. The van der Waals surface area contributed by atoms with Crippen molar-refractivity contribution < 1.29 is 4.79 Å². The van der Waals surface area contributed by atoms with Gasteiger partial charge in [0, 0.05) is 31.1 Å². The average Bonchev–Trinajstić information content (AvgIpc) is 3.07. The summed E-state index contributed by atoms with van der Waals surface area (Å²) in [7, 11) is 1.87. The van der Waals surface area contributed by atoms with Crippen molar-refractivity contribution in [3.63, 3.8) is 0 Å². The largest absolute Gasteiger partial charge is 0.335 e. The zero-order valence-corrected chi connectivity index (χ0v) is 14.9. The standard InChI is InChI=1S/C21H22N4O/c1-24-20-11-9-15(13-18(20)22-23-24)21(26)25-12-4-7-17-16-6-3-2-5-14(16)8-10-19(17)25/h2-3,5-6,9,11,13,17,19H,4,7-8,10,12H2,1H3. The first-order chi connectivity index (χ1) is 12.7. The number of piperidine rings is 1. The van der Waals surface area contributed by atoms with Crippen LogP contribution in [-0.4, -0.2) is 38.4 Å². The summed E-state index contributed by atoms with van der Waals surface area (Å²) in [5, 5.41) is 8.20. The van der Waals surface area contributed by atoms with Crippen LogP contribution in [0, 0.1) is 0 Å². The van der Waals surface area contributed by atoms with Gasteiger partial charge in [-0.1, -0.05) is 29.5 Å². The molecule has 3 aromatic rings. The summed E-state index contributed by atoms with van der Waals surface area (Å²) in [4.78, 5) is 15.4. The van der Waals surface area contributed by atoms with Crippen LogP contribution in [0.15, 0.2) is 42.5 Å². The fraction of sp³-hybridized carbons (Fsp3) is 0.381. The van der Waals surface area contributed by atoms with Crippen LogP contribution in [0.2, 0.25) is 0 Å². The molecule has 1 aliphatic carbocycles. The van der Waals surface area contributed by atoms with E-state index in [2.05, 4.69) is 39.5 Å². The molecule has 0 N–H and O–H groups in total. The molecule has 1 fully saturated rings. The summed E-state index contributed by atoms with van der Waals surface area (Å²) in [5.74, 6) is 0.601. The minimum absolute atomic E-state index is 0.131. The Morgan fingerprint density at radius 3 is 2.96 bits per heavy atom. The van der Waals surface area contributed by atoms with E-state index in [4.69, 9.17) is 0 Å². The molecule has 132 valence electrons. The molecule has 0 bridgehead atoms. The Morgan fingerprint density at radius 1 is 1.15 bits per heavy atom. The summed E-state index contributed by atoms with van der Waals surface area (Å²) >= 11 is 0. The molecule has 0 saturated carbocycles. The molecule has 5 heteroatoms. The van der Waals surface area contributed by atoms with Gasteiger partial charge in [-0.05, 0) is 55.0 Å². The molecule has 2 aromatic carbocycles. The van der Waals surface area contributed by atoms with Gasteiger partial charge in [0.2, 0.25) is 0 Å². The molecule has 5 rings (SSSR count). The minimum atomic E-state index is 0.131. The lowest BCUT2D eigenvalue weighted by Crippen LogP contribution is -2.49. The van der Waals surface area contributed by atoms with E-state index in [0.29, 0.717) is 12.0 Å². The number of nitrogens with zero attached hydrogens (tertiary/aromatic N) is 4. The molecule has 5 nitrogen and oxygen atoms in total. The van der Waals surface area contributed by atoms with Gasteiger partial charge in [-0.3, -0.25) is 4.79 Å². The molecule has 2 atom stereocenters. The van der Waals surface area contributed by atoms with Crippen LogP contribution in [0.4, 0.5) is 0 Å². The molecule has 2 unspecified atom stereocenters. The Balaban J connectivity index is 1.48. The van der Waals surface area contributed by atoms with Gasteiger partial charge in [-0.15, -0.1) is 5.10 Å². The molecule has 1 aliphatic heterocycles. The maximum Gasteiger partial charge on any atom is 0.254 e. The maximum absolute atomic E-state index is 13.3. The van der Waals surface area contributed by atoms with Crippen molar-refractivity contribution in [2.45, 2.75) is 37.6 Å². The van der Waals surface area contributed by atoms with E-state index >= 15 is 0 Å². The van der Waals surface area contributed by atoms with Crippen LogP contribution in [-0.2, 0) is 13.5 Å². The Bertz CT molecular complexity index is 993. The summed E-state index contributed by atoms with van der Waals surface area (Å²) in [5.41, 5.74) is 5.36. The van der Waals surface area contributed by atoms with E-state index < -0.39 is 0 Å². The Kier molecular flexibility index (Phi) is 3.55. The highest BCUT2D eigenvalue weighted by molar-refractivity contribution is 5.97. The van der Waals surface area contributed by atoms with Crippen LogP contribution in [0.5, 0.6) is 0 Å². The summed E-state index contributed by atoms with van der Waals surface area (Å²) in [6, 6.07) is 14.8. The third kappa shape index (κ3) is 2.34. The average molecular weight is 346 g/mol. The van der Waals surface area contributed by atoms with Crippen molar-refractivity contribution in [2.24, 2.45) is 7.05 Å². The summed E-state index contributed by atoms with van der Waals surface area (Å²) in [6.45, 7) is 0.848. The predicted molar refractivity (Wildman–Crippen MR) is 100 cm³/mol. The third-order valence-electron chi connectivity index (χ3n) is 6.06. The highest BCUT2D eigenvalue weighted by Crippen LogP contribution is 2.41. The molecule has 2 heterocycles. The first-order valence-corrected chi connectivity index (χ1v) is 9.40. The molecule has 1 amide bonds. The van der Waals surface area contributed by atoms with Crippen molar-refractivity contribution in [1.29, 1.82) is 0 Å². The predicted octanol–water partition coefficient (Wildman–Crippen LogP) is 3.30. The van der Waals surface area contributed by atoms with Gasteiger partial charge in [-0.25, -0.2) is 4.68 Å². The second kappa shape index (κ2) is 5.94. The van der Waals surface area contributed by atoms with Gasteiger partial charge in [0.15, 0.2) is 0 Å². The van der Waals surface area contributed by atoms with Gasteiger partial charge in [0.05, 0.1) is 5.52 Å². The van der Waals surface area contributed by atoms with Gasteiger partial charge < -0.3 is 4.90 Å². The number of aromatic nitrogens is 3. The van der Waals surface area contributed by atoms with Crippen molar-refractivity contribution >= 4 is 16.9 Å². The number of benzene rings is 2. The first kappa shape index (κ1) is 15.6. The zero-order valence-electron chi connectivity index (χ0n) is 14.9. The quantitative estimate of drug-likeness (QED) is 0.679. The SMILES string of the molecule is Cn1nnc2cc(C(=O)N3CCCC4c5ccccc5CCC43)ccc21. The Morgan fingerprint density at radius 2 is 2.04 bits per heavy atom. The van der Waals surface area contributed by atoms with E-state index in [1.807, 2.05) is 25.2 Å². The molecule has 1 saturated heterocycles. The monoisotopic (exact) mass is 346 g/mol. The molecule has 0 spiro atoms. The molecule has 26 heavy (non-hydrogen) atoms. The lowest BCUT2D eigenvalue weighted by Gasteiger charge is -2.45. The van der Waals surface area contributed by atoms with Crippen molar-refractivity contribution in [3.8, 4) is 0 Å². The zero-order chi connectivity index (χ0) is 17.7. The van der Waals surface area contributed by atoms with Crippen LogP contribution in [0.1, 0.15) is 46.7 Å². The molecular weight excluding hydrogens is 324 g/mol. The fourth-order valence-corrected chi connectivity index (χ4v) is 4.80. The third-order valence-corrected chi connectivity index (χ3v) is 6.06. The first-order valence-electron chi connectivity index (χ1n) is 9.40. The number of hydrogen-bond donors (Lipinski definition) is 0. The van der Waals surface area contributed by atoms with E-state index in [1.165, 1.54) is 17.5 Å². The van der Waals surface area contributed by atoms with Gasteiger partial charge in [0.25, 0.3) is 5.91 Å². The highest BCUT2D eigenvalue weighted by atomic mass is 16.2. The number of aryl methyl sites for hydroxylation is 2. The van der Waals surface area contributed by atoms with E-state index in [0.717, 1.165) is 42.4 Å². The normalized spacial score (nSPS) is 22.1. The molecular formula is C21H22N4O. The minimum Gasteiger partial charge on any atom is -0.335 e. The van der Waals surface area contributed by atoms with Crippen LogP contribution >= 0.6 is 0 Å². The smallest absolute Gasteiger partial charge is 0.254 e. The topological polar surface area (TPSA) is 51.0 Å². The molecule has 2 aliphatic rings. The molecule has 1 aromatic heterocycles. The number of carbonyl (C=O) groups is 1. The van der Waals surface area contributed by atoms with Crippen LogP contribution < -0.4 is 0 Å². The number of amides is 1.